The zero-order valence-corrected chi connectivity index (χ0v) is 19.2. The fraction of sp³-hybridized carbons (Fsp3) is 0.458. The smallest absolute Gasteiger partial charge is 0.311 e. The number of hydrogen-bond acceptors (Lipinski definition) is 5. The molecule has 0 amide bonds. The normalized spacial score (nSPS) is 20.3. The van der Waals surface area contributed by atoms with Gasteiger partial charge in [-0.25, -0.2) is 8.42 Å². The molecule has 7 heteroatoms. The number of carbonyl (C=O) groups excluding carboxylic acids is 1. The lowest BCUT2D eigenvalue weighted by atomic mass is 9.96. The van der Waals surface area contributed by atoms with Gasteiger partial charge >= 0.3 is 5.97 Å². The van der Waals surface area contributed by atoms with Crippen LogP contribution in [0.15, 0.2) is 53.4 Å². The fourth-order valence-corrected chi connectivity index (χ4v) is 5.10. The van der Waals surface area contributed by atoms with Gasteiger partial charge in [-0.2, -0.15) is 4.72 Å². The van der Waals surface area contributed by atoms with Gasteiger partial charge in [-0.3, -0.25) is 4.79 Å². The number of fused-ring (bicyclic) bond motifs is 1. The van der Waals surface area contributed by atoms with E-state index in [0.29, 0.717) is 12.8 Å². The number of rotatable bonds is 8. The highest BCUT2D eigenvalue weighted by Crippen LogP contribution is 2.35. The lowest BCUT2D eigenvalue weighted by Gasteiger charge is -2.25. The van der Waals surface area contributed by atoms with Crippen molar-refractivity contribution in [2.45, 2.75) is 63.7 Å². The van der Waals surface area contributed by atoms with Crippen LogP contribution in [0.2, 0.25) is 0 Å². The average molecular weight is 446 g/mol. The van der Waals surface area contributed by atoms with E-state index in [1.807, 2.05) is 45.0 Å². The molecule has 0 fully saturated rings. The molecule has 31 heavy (non-hydrogen) atoms. The van der Waals surface area contributed by atoms with Crippen LogP contribution < -0.4 is 4.72 Å². The van der Waals surface area contributed by atoms with Crippen molar-refractivity contribution >= 4 is 16.0 Å². The third-order valence-electron chi connectivity index (χ3n) is 5.73. The molecule has 2 aromatic carbocycles. The van der Waals surface area contributed by atoms with Gasteiger partial charge in [0, 0.05) is 6.42 Å². The van der Waals surface area contributed by atoms with Crippen LogP contribution in [0.25, 0.3) is 0 Å². The van der Waals surface area contributed by atoms with Crippen molar-refractivity contribution in [1.29, 1.82) is 0 Å². The number of aliphatic hydroxyl groups excluding tert-OH is 1. The quantitative estimate of drug-likeness (QED) is 0.607. The Morgan fingerprint density at radius 1 is 1.13 bits per heavy atom. The van der Waals surface area contributed by atoms with Crippen LogP contribution >= 0.6 is 0 Å². The van der Waals surface area contributed by atoms with Crippen LogP contribution in [-0.4, -0.2) is 31.7 Å². The molecular weight excluding hydrogens is 414 g/mol. The van der Waals surface area contributed by atoms with Crippen molar-refractivity contribution in [3.8, 4) is 0 Å². The Kier molecular flexibility index (Phi) is 7.19. The van der Waals surface area contributed by atoms with Crippen molar-refractivity contribution in [1.82, 2.24) is 4.72 Å². The molecule has 0 heterocycles. The highest BCUT2D eigenvalue weighted by Gasteiger charge is 2.39. The van der Waals surface area contributed by atoms with Crippen molar-refractivity contribution in [3.63, 3.8) is 0 Å². The van der Waals surface area contributed by atoms with Crippen molar-refractivity contribution in [2.24, 2.45) is 11.8 Å². The van der Waals surface area contributed by atoms with Crippen molar-refractivity contribution in [2.75, 3.05) is 0 Å². The minimum Gasteiger partial charge on any atom is -0.460 e. The summed E-state index contributed by atoms with van der Waals surface area (Å²) >= 11 is 0. The highest BCUT2D eigenvalue weighted by molar-refractivity contribution is 7.89. The second-order valence-electron chi connectivity index (χ2n) is 8.78. The van der Waals surface area contributed by atoms with Gasteiger partial charge in [-0.05, 0) is 49.4 Å². The Morgan fingerprint density at radius 2 is 1.77 bits per heavy atom. The summed E-state index contributed by atoms with van der Waals surface area (Å²) in [5, 5.41) is 10.3. The number of carbonyl (C=O) groups is 1. The van der Waals surface area contributed by atoms with Gasteiger partial charge in [0.1, 0.15) is 6.10 Å². The molecule has 3 rings (SSSR count). The van der Waals surface area contributed by atoms with E-state index >= 15 is 0 Å². The van der Waals surface area contributed by atoms with Crippen LogP contribution in [0, 0.1) is 18.8 Å². The van der Waals surface area contributed by atoms with E-state index in [1.165, 1.54) is 0 Å². The Hall–Kier alpha value is -2.22. The predicted molar refractivity (Wildman–Crippen MR) is 119 cm³/mol. The molecule has 0 radical (unpaired) electrons. The Bertz CT molecular complexity index is 1020. The van der Waals surface area contributed by atoms with E-state index in [2.05, 4.69) is 4.72 Å². The average Bonchev–Trinajstić information content (AvgIpc) is 3.03. The van der Waals surface area contributed by atoms with Gasteiger partial charge in [0.15, 0.2) is 0 Å². The second kappa shape index (κ2) is 9.51. The van der Waals surface area contributed by atoms with Gasteiger partial charge < -0.3 is 9.84 Å². The summed E-state index contributed by atoms with van der Waals surface area (Å²) in [5.41, 5.74) is 2.70. The highest BCUT2D eigenvalue weighted by atomic mass is 32.2. The molecule has 0 aliphatic heterocycles. The number of sulfonamides is 1. The van der Waals surface area contributed by atoms with Crippen LogP contribution in [0.4, 0.5) is 0 Å². The lowest BCUT2D eigenvalue weighted by Crippen LogP contribution is -2.38. The molecule has 6 nitrogen and oxygen atoms in total. The Morgan fingerprint density at radius 3 is 2.42 bits per heavy atom. The lowest BCUT2D eigenvalue weighted by molar-refractivity contribution is -0.158. The molecule has 0 bridgehead atoms. The molecule has 2 N–H and O–H groups in total. The zero-order chi connectivity index (χ0) is 22.8. The molecule has 0 aromatic heterocycles. The van der Waals surface area contributed by atoms with E-state index in [-0.39, 0.29) is 10.8 Å². The first kappa shape index (κ1) is 23.4. The maximum absolute atomic E-state index is 13.0. The van der Waals surface area contributed by atoms with E-state index < -0.39 is 40.2 Å². The number of hydrogen-bond donors (Lipinski definition) is 2. The molecule has 0 spiro atoms. The van der Waals surface area contributed by atoms with Crippen LogP contribution in [-0.2, 0) is 26.0 Å². The maximum Gasteiger partial charge on any atom is 0.311 e. The first-order chi connectivity index (χ1) is 14.6. The minimum absolute atomic E-state index is 0.160. The summed E-state index contributed by atoms with van der Waals surface area (Å²) in [4.78, 5) is 12.9. The Labute approximate surface area is 184 Å². The van der Waals surface area contributed by atoms with Crippen LogP contribution in [0.3, 0.4) is 0 Å². The number of ether oxygens (including phenoxy) is 1. The molecule has 2 aromatic rings. The third kappa shape index (κ3) is 5.53. The number of aryl methyl sites for hydroxylation is 1. The van der Waals surface area contributed by atoms with Crippen molar-refractivity contribution < 1.29 is 23.1 Å². The van der Waals surface area contributed by atoms with Gasteiger partial charge in [0.25, 0.3) is 0 Å². The minimum atomic E-state index is -3.82. The molecule has 1 aliphatic carbocycles. The summed E-state index contributed by atoms with van der Waals surface area (Å²) in [6.07, 6.45) is -0.585. The fourth-order valence-electron chi connectivity index (χ4n) is 3.86. The SMILES string of the molecule is Cc1ccc(S(=O)(=O)N[C@@H]2c3ccccc3C[C@@H]2OC(=O)[C@H](C)[C@H](O)CC(C)C)cc1. The molecular formula is C24H31NO5S. The summed E-state index contributed by atoms with van der Waals surface area (Å²) in [7, 11) is -3.82. The van der Waals surface area contributed by atoms with E-state index in [0.717, 1.165) is 16.7 Å². The number of esters is 1. The first-order valence-electron chi connectivity index (χ1n) is 10.6. The van der Waals surface area contributed by atoms with Gasteiger partial charge in [-0.15, -0.1) is 0 Å². The zero-order valence-electron chi connectivity index (χ0n) is 18.4. The topological polar surface area (TPSA) is 92.7 Å². The molecule has 0 unspecified atom stereocenters. The number of benzene rings is 2. The van der Waals surface area contributed by atoms with Crippen molar-refractivity contribution in [3.05, 3.63) is 65.2 Å². The van der Waals surface area contributed by atoms with Crippen LogP contribution in [0.1, 0.15) is 49.9 Å². The number of aliphatic hydroxyl groups is 1. The summed E-state index contributed by atoms with van der Waals surface area (Å²) in [6, 6.07) is 13.4. The Balaban J connectivity index is 1.82. The number of nitrogens with one attached hydrogen (secondary N) is 1. The molecule has 168 valence electrons. The third-order valence-corrected chi connectivity index (χ3v) is 7.18. The second-order valence-corrected chi connectivity index (χ2v) is 10.5. The standard InChI is InChI=1S/C24H31NO5S/c1-15(2)13-21(26)17(4)24(27)30-22-14-18-7-5-6-8-20(18)23(22)25-31(28,29)19-11-9-16(3)10-12-19/h5-12,15,17,21-23,25-26H,13-14H2,1-4H3/t17-,21-,22+,23-/m1/s1. The molecule has 4 atom stereocenters. The summed E-state index contributed by atoms with van der Waals surface area (Å²) in [6.45, 7) is 7.49. The van der Waals surface area contributed by atoms with Gasteiger partial charge in [-0.1, -0.05) is 55.8 Å². The van der Waals surface area contributed by atoms with E-state index in [1.54, 1.807) is 31.2 Å². The maximum atomic E-state index is 13.0. The van der Waals surface area contributed by atoms with Crippen LogP contribution in [0.5, 0.6) is 0 Å². The summed E-state index contributed by atoms with van der Waals surface area (Å²) < 4.78 is 34.5. The molecule has 0 saturated heterocycles. The first-order valence-corrected chi connectivity index (χ1v) is 12.1. The summed E-state index contributed by atoms with van der Waals surface area (Å²) in [5.74, 6) is -0.971. The van der Waals surface area contributed by atoms with Gasteiger partial charge in [0.2, 0.25) is 10.0 Å². The largest absolute Gasteiger partial charge is 0.460 e. The predicted octanol–water partition coefficient (Wildman–Crippen LogP) is 3.53. The molecule has 1 aliphatic rings. The van der Waals surface area contributed by atoms with E-state index in [4.69, 9.17) is 4.74 Å². The monoisotopic (exact) mass is 445 g/mol. The van der Waals surface area contributed by atoms with Gasteiger partial charge in [0.05, 0.1) is 23.0 Å². The van der Waals surface area contributed by atoms with E-state index in [9.17, 15) is 18.3 Å². The molecule has 0 saturated carbocycles.